The number of aromatic amines is 1. The number of ether oxygens (including phenoxy) is 1. The van der Waals surface area contributed by atoms with Gasteiger partial charge in [0.15, 0.2) is 0 Å². The van der Waals surface area contributed by atoms with Crippen LogP contribution in [0.1, 0.15) is 19.5 Å². The number of nitrogens with two attached hydrogens (primary N) is 1. The topological polar surface area (TPSA) is 81.0 Å². The van der Waals surface area contributed by atoms with Crippen LogP contribution in [0.15, 0.2) is 35.1 Å². The maximum absolute atomic E-state index is 11.5. The van der Waals surface area contributed by atoms with Gasteiger partial charge in [0.05, 0.1) is 11.8 Å². The van der Waals surface area contributed by atoms with Crippen LogP contribution in [0, 0.1) is 0 Å². The van der Waals surface area contributed by atoms with Crippen molar-refractivity contribution in [2.75, 3.05) is 0 Å². The quantitative estimate of drug-likeness (QED) is 0.875. The smallest absolute Gasteiger partial charge is 0.251 e. The first-order valence-electron chi connectivity index (χ1n) is 6.16. The molecule has 2 rings (SSSR count). The van der Waals surface area contributed by atoms with Gasteiger partial charge in [-0.15, -0.1) is 0 Å². The van der Waals surface area contributed by atoms with Crippen molar-refractivity contribution >= 4 is 0 Å². The number of nitrogens with zero attached hydrogens (tertiary/aromatic N) is 1. The third-order valence-electron chi connectivity index (χ3n) is 2.50. The minimum Gasteiger partial charge on any atom is -0.491 e. The predicted molar refractivity (Wildman–Crippen MR) is 73.9 cm³/mol. The lowest BCUT2D eigenvalue weighted by Crippen LogP contribution is -2.12. The van der Waals surface area contributed by atoms with Crippen molar-refractivity contribution in [1.82, 2.24) is 9.97 Å². The van der Waals surface area contributed by atoms with Crippen molar-refractivity contribution in [3.05, 3.63) is 46.4 Å². The lowest BCUT2D eigenvalue weighted by Gasteiger charge is -2.10. The van der Waals surface area contributed by atoms with E-state index >= 15 is 0 Å². The third-order valence-corrected chi connectivity index (χ3v) is 2.50. The number of H-pyrrole nitrogens is 1. The molecule has 1 aromatic heterocycles. The highest BCUT2D eigenvalue weighted by molar-refractivity contribution is 5.56. The van der Waals surface area contributed by atoms with Crippen molar-refractivity contribution in [2.45, 2.75) is 26.5 Å². The van der Waals surface area contributed by atoms with Gasteiger partial charge < -0.3 is 15.5 Å². The lowest BCUT2D eigenvalue weighted by molar-refractivity contribution is 0.242. The molecule has 1 heterocycles. The number of hydrogen-bond acceptors (Lipinski definition) is 4. The molecule has 0 unspecified atom stereocenters. The van der Waals surface area contributed by atoms with Crippen molar-refractivity contribution in [3.63, 3.8) is 0 Å². The van der Waals surface area contributed by atoms with Crippen LogP contribution in [0.5, 0.6) is 5.75 Å². The Kier molecular flexibility index (Phi) is 3.97. The summed E-state index contributed by atoms with van der Waals surface area (Å²) >= 11 is 0. The Morgan fingerprint density at radius 3 is 2.58 bits per heavy atom. The molecule has 0 bridgehead atoms. The molecule has 5 heteroatoms. The highest BCUT2D eigenvalue weighted by Gasteiger charge is 2.04. The van der Waals surface area contributed by atoms with E-state index in [-0.39, 0.29) is 18.2 Å². The summed E-state index contributed by atoms with van der Waals surface area (Å²) in [6, 6.07) is 8.82. The minimum atomic E-state index is -0.201. The molecule has 2 aromatic rings. The summed E-state index contributed by atoms with van der Waals surface area (Å²) < 4.78 is 5.56. The summed E-state index contributed by atoms with van der Waals surface area (Å²) in [5.74, 6) is 1.31. The Morgan fingerprint density at radius 1 is 1.32 bits per heavy atom. The van der Waals surface area contributed by atoms with Gasteiger partial charge in [0.25, 0.3) is 5.56 Å². The van der Waals surface area contributed by atoms with Gasteiger partial charge in [-0.1, -0.05) is 0 Å². The van der Waals surface area contributed by atoms with Crippen LogP contribution in [0.3, 0.4) is 0 Å². The third kappa shape index (κ3) is 3.42. The Labute approximate surface area is 111 Å². The maximum Gasteiger partial charge on any atom is 0.251 e. The summed E-state index contributed by atoms with van der Waals surface area (Å²) in [6.45, 7) is 4.18. The summed E-state index contributed by atoms with van der Waals surface area (Å²) in [7, 11) is 0. The Hall–Kier alpha value is -2.14. The second-order valence-corrected chi connectivity index (χ2v) is 4.48. The molecule has 0 atom stereocenters. The van der Waals surface area contributed by atoms with E-state index in [2.05, 4.69) is 9.97 Å². The molecule has 3 N–H and O–H groups in total. The van der Waals surface area contributed by atoms with Crippen molar-refractivity contribution in [2.24, 2.45) is 5.73 Å². The van der Waals surface area contributed by atoms with Gasteiger partial charge in [-0.2, -0.15) is 0 Å². The summed E-state index contributed by atoms with van der Waals surface area (Å²) in [6.07, 6.45) is 0.129. The molecule has 19 heavy (non-hydrogen) atoms. The van der Waals surface area contributed by atoms with Crippen LogP contribution in [-0.4, -0.2) is 16.1 Å². The van der Waals surface area contributed by atoms with E-state index in [1.807, 2.05) is 38.1 Å². The van der Waals surface area contributed by atoms with E-state index in [1.165, 1.54) is 6.07 Å². The monoisotopic (exact) mass is 259 g/mol. The first kappa shape index (κ1) is 13.3. The van der Waals surface area contributed by atoms with Crippen molar-refractivity contribution in [3.8, 4) is 17.1 Å². The first-order valence-corrected chi connectivity index (χ1v) is 6.16. The average molecular weight is 259 g/mol. The maximum atomic E-state index is 11.5. The van der Waals surface area contributed by atoms with Crippen molar-refractivity contribution in [1.29, 1.82) is 0 Å². The van der Waals surface area contributed by atoms with Crippen LogP contribution in [0.4, 0.5) is 0 Å². The minimum absolute atomic E-state index is 0.129. The first-order chi connectivity index (χ1) is 9.08. The van der Waals surface area contributed by atoms with E-state index in [0.717, 1.165) is 11.3 Å². The van der Waals surface area contributed by atoms with E-state index in [4.69, 9.17) is 10.5 Å². The molecule has 0 saturated heterocycles. The van der Waals surface area contributed by atoms with Gasteiger partial charge in [0.2, 0.25) is 0 Å². The number of rotatable bonds is 4. The molecule has 0 saturated carbocycles. The molecule has 0 amide bonds. The van der Waals surface area contributed by atoms with Gasteiger partial charge in [-0.25, -0.2) is 4.98 Å². The average Bonchev–Trinajstić information content (AvgIpc) is 2.38. The van der Waals surface area contributed by atoms with Crippen LogP contribution in [0.25, 0.3) is 11.4 Å². The summed E-state index contributed by atoms with van der Waals surface area (Å²) in [5, 5.41) is 0. The lowest BCUT2D eigenvalue weighted by atomic mass is 10.2. The fourth-order valence-corrected chi connectivity index (χ4v) is 1.71. The fourth-order valence-electron chi connectivity index (χ4n) is 1.71. The Bertz CT molecular complexity index is 603. The molecule has 5 nitrogen and oxygen atoms in total. The van der Waals surface area contributed by atoms with Gasteiger partial charge in [-0.05, 0) is 38.1 Å². The molecule has 0 radical (unpaired) electrons. The zero-order valence-electron chi connectivity index (χ0n) is 11.0. The van der Waals surface area contributed by atoms with Gasteiger partial charge >= 0.3 is 0 Å². The molecular weight excluding hydrogens is 242 g/mol. The highest BCUT2D eigenvalue weighted by atomic mass is 16.5. The normalized spacial score (nSPS) is 10.7. The van der Waals surface area contributed by atoms with Crippen LogP contribution in [-0.2, 0) is 6.54 Å². The SMILES string of the molecule is CC(C)Oc1ccc(-c2nc(CN)cc(=O)[nH]2)cc1. The molecular formula is C14H17N3O2. The van der Waals surface area contributed by atoms with Crippen molar-refractivity contribution < 1.29 is 4.74 Å². The molecule has 1 aromatic carbocycles. The molecule has 0 aliphatic carbocycles. The van der Waals surface area contributed by atoms with E-state index < -0.39 is 0 Å². The van der Waals surface area contributed by atoms with E-state index in [1.54, 1.807) is 0 Å². The standard InChI is InChI=1S/C14H17N3O2/c1-9(2)19-12-5-3-10(4-6-12)14-16-11(8-15)7-13(18)17-14/h3-7,9H,8,15H2,1-2H3,(H,16,17,18). The largest absolute Gasteiger partial charge is 0.491 e. The zero-order chi connectivity index (χ0) is 13.8. The van der Waals surface area contributed by atoms with E-state index in [0.29, 0.717) is 11.5 Å². The summed E-state index contributed by atoms with van der Waals surface area (Å²) in [4.78, 5) is 18.5. The predicted octanol–water partition coefficient (Wildman–Crippen LogP) is 1.68. The number of nitrogens with one attached hydrogen (secondary N) is 1. The molecule has 0 spiro atoms. The molecule has 0 aliphatic rings. The number of benzene rings is 1. The van der Waals surface area contributed by atoms with Gasteiger partial charge in [0, 0.05) is 18.2 Å². The van der Waals surface area contributed by atoms with Crippen LogP contribution in [0.2, 0.25) is 0 Å². The van der Waals surface area contributed by atoms with Crippen LogP contribution >= 0.6 is 0 Å². The number of aromatic nitrogens is 2. The van der Waals surface area contributed by atoms with E-state index in [9.17, 15) is 4.79 Å². The van der Waals surface area contributed by atoms with Crippen LogP contribution < -0.4 is 16.0 Å². The number of hydrogen-bond donors (Lipinski definition) is 2. The Morgan fingerprint density at radius 2 is 2.00 bits per heavy atom. The molecule has 100 valence electrons. The zero-order valence-corrected chi connectivity index (χ0v) is 11.0. The molecule has 0 fully saturated rings. The molecule has 0 aliphatic heterocycles. The van der Waals surface area contributed by atoms with Gasteiger partial charge in [0.1, 0.15) is 11.6 Å². The summed E-state index contributed by atoms with van der Waals surface area (Å²) in [5.41, 5.74) is 6.70. The fraction of sp³-hybridized carbons (Fsp3) is 0.286. The Balaban J connectivity index is 2.31. The second kappa shape index (κ2) is 5.67. The van der Waals surface area contributed by atoms with Gasteiger partial charge in [-0.3, -0.25) is 4.79 Å². The second-order valence-electron chi connectivity index (χ2n) is 4.48. The highest BCUT2D eigenvalue weighted by Crippen LogP contribution is 2.19.